The fourth-order valence-corrected chi connectivity index (χ4v) is 2.65. The highest BCUT2D eigenvalue weighted by molar-refractivity contribution is 6.33. The molecule has 0 aliphatic rings. The molecule has 0 spiro atoms. The maximum atomic E-state index is 12.8. The first-order valence-electron chi connectivity index (χ1n) is 7.37. The Balaban J connectivity index is 1.98. The van der Waals surface area contributed by atoms with Gasteiger partial charge in [-0.2, -0.15) is 13.2 Å². The third-order valence-electron chi connectivity index (χ3n) is 3.70. The van der Waals surface area contributed by atoms with Crippen LogP contribution in [0.2, 0.25) is 5.02 Å². The highest BCUT2D eigenvalue weighted by atomic mass is 35.5. The average Bonchev–Trinajstić information content (AvgIpc) is 2.99. The summed E-state index contributed by atoms with van der Waals surface area (Å²) in [5.41, 5.74) is -0.00846. The monoisotopic (exact) mass is 366 g/mol. The molecule has 1 atom stereocenters. The van der Waals surface area contributed by atoms with E-state index < -0.39 is 17.8 Å². The van der Waals surface area contributed by atoms with Crippen LogP contribution in [0.3, 0.4) is 0 Å². The summed E-state index contributed by atoms with van der Waals surface area (Å²) in [6, 6.07) is 9.85. The first kappa shape index (κ1) is 17.3. The van der Waals surface area contributed by atoms with Crippen molar-refractivity contribution in [2.45, 2.75) is 12.2 Å². The molecule has 3 aromatic rings. The van der Waals surface area contributed by atoms with E-state index in [1.54, 1.807) is 12.4 Å². The van der Waals surface area contributed by atoms with Crippen molar-refractivity contribution in [1.82, 2.24) is 14.5 Å². The van der Waals surface area contributed by atoms with Crippen molar-refractivity contribution in [2.24, 2.45) is 7.05 Å². The maximum absolute atomic E-state index is 12.8. The van der Waals surface area contributed by atoms with Gasteiger partial charge in [0.2, 0.25) is 0 Å². The number of anilines is 1. The molecule has 0 saturated carbocycles. The molecule has 0 bridgehead atoms. The summed E-state index contributed by atoms with van der Waals surface area (Å²) in [4.78, 5) is 8.17. The van der Waals surface area contributed by atoms with Crippen molar-refractivity contribution in [3.8, 4) is 0 Å². The van der Waals surface area contributed by atoms with Crippen molar-refractivity contribution in [1.29, 1.82) is 0 Å². The van der Waals surface area contributed by atoms with Crippen molar-refractivity contribution in [3.63, 3.8) is 0 Å². The molecule has 8 heteroatoms. The topological polar surface area (TPSA) is 42.7 Å². The summed E-state index contributed by atoms with van der Waals surface area (Å²) in [6.45, 7) is 0. The van der Waals surface area contributed by atoms with E-state index in [9.17, 15) is 13.2 Å². The molecule has 0 aliphatic heterocycles. The Morgan fingerprint density at radius 3 is 2.44 bits per heavy atom. The van der Waals surface area contributed by atoms with E-state index in [0.717, 1.165) is 17.8 Å². The number of benzene rings is 1. The molecule has 2 aromatic heterocycles. The van der Waals surface area contributed by atoms with Crippen LogP contribution in [-0.2, 0) is 13.2 Å². The van der Waals surface area contributed by atoms with Crippen molar-refractivity contribution in [2.75, 3.05) is 5.32 Å². The van der Waals surface area contributed by atoms with Gasteiger partial charge < -0.3 is 9.88 Å². The van der Waals surface area contributed by atoms with Crippen molar-refractivity contribution >= 4 is 17.4 Å². The Hall–Kier alpha value is -2.54. The quantitative estimate of drug-likeness (QED) is 0.728. The largest absolute Gasteiger partial charge is 0.417 e. The Kier molecular flexibility index (Phi) is 4.67. The van der Waals surface area contributed by atoms with Gasteiger partial charge in [-0.05, 0) is 11.6 Å². The number of aromatic nitrogens is 3. The fraction of sp³-hybridized carbons (Fsp3) is 0.176. The molecule has 0 saturated heterocycles. The van der Waals surface area contributed by atoms with Gasteiger partial charge in [-0.3, -0.25) is 0 Å². The molecule has 4 nitrogen and oxygen atoms in total. The van der Waals surface area contributed by atoms with Gasteiger partial charge in [0.05, 0.1) is 10.6 Å². The van der Waals surface area contributed by atoms with Gasteiger partial charge in [0.1, 0.15) is 17.7 Å². The van der Waals surface area contributed by atoms with Gasteiger partial charge in [-0.1, -0.05) is 41.9 Å². The van der Waals surface area contributed by atoms with E-state index in [2.05, 4.69) is 15.3 Å². The minimum Gasteiger partial charge on any atom is -0.355 e. The Morgan fingerprint density at radius 1 is 1.16 bits per heavy atom. The van der Waals surface area contributed by atoms with Crippen LogP contribution in [0.25, 0.3) is 0 Å². The van der Waals surface area contributed by atoms with Gasteiger partial charge >= 0.3 is 6.18 Å². The second-order valence-corrected chi connectivity index (χ2v) is 5.84. The number of imidazole rings is 1. The number of hydrogen-bond acceptors (Lipinski definition) is 3. The number of nitrogens with zero attached hydrogens (tertiary/aromatic N) is 3. The molecule has 0 aliphatic carbocycles. The Bertz CT molecular complexity index is 862. The lowest BCUT2D eigenvalue weighted by Gasteiger charge is -2.20. The molecule has 1 N–H and O–H groups in total. The van der Waals surface area contributed by atoms with Crippen LogP contribution >= 0.6 is 11.6 Å². The summed E-state index contributed by atoms with van der Waals surface area (Å²) in [6.07, 6.45) is -0.300. The lowest BCUT2D eigenvalue weighted by molar-refractivity contribution is -0.137. The lowest BCUT2D eigenvalue weighted by Crippen LogP contribution is -2.18. The molecular weight excluding hydrogens is 353 g/mol. The van der Waals surface area contributed by atoms with Crippen LogP contribution in [0.4, 0.5) is 19.0 Å². The van der Waals surface area contributed by atoms with E-state index in [1.807, 2.05) is 41.9 Å². The molecule has 0 amide bonds. The second kappa shape index (κ2) is 6.76. The summed E-state index contributed by atoms with van der Waals surface area (Å²) < 4.78 is 40.1. The van der Waals surface area contributed by atoms with Crippen LogP contribution in [0, 0.1) is 0 Å². The summed E-state index contributed by atoms with van der Waals surface area (Å²) in [7, 11) is 1.84. The van der Waals surface area contributed by atoms with Crippen molar-refractivity contribution in [3.05, 3.63) is 77.0 Å². The van der Waals surface area contributed by atoms with Gasteiger partial charge in [-0.15, -0.1) is 0 Å². The third kappa shape index (κ3) is 3.76. The van der Waals surface area contributed by atoms with Crippen molar-refractivity contribution < 1.29 is 13.2 Å². The molecule has 0 fully saturated rings. The number of rotatable bonds is 4. The zero-order chi connectivity index (χ0) is 18.0. The zero-order valence-corrected chi connectivity index (χ0v) is 13.9. The maximum Gasteiger partial charge on any atom is 0.417 e. The molecule has 0 radical (unpaired) electrons. The number of alkyl halides is 3. The minimum absolute atomic E-state index is 0.107. The lowest BCUT2D eigenvalue weighted by atomic mass is 10.1. The summed E-state index contributed by atoms with van der Waals surface area (Å²) in [5, 5.41) is 2.99. The fourth-order valence-electron chi connectivity index (χ4n) is 2.43. The van der Waals surface area contributed by atoms with Crippen LogP contribution < -0.4 is 5.32 Å². The summed E-state index contributed by atoms with van der Waals surface area (Å²) >= 11 is 6.02. The van der Waals surface area contributed by atoms with E-state index in [4.69, 9.17) is 11.6 Å². The van der Waals surface area contributed by atoms with Gasteiger partial charge in [0.25, 0.3) is 0 Å². The average molecular weight is 367 g/mol. The Labute approximate surface area is 147 Å². The van der Waals surface area contributed by atoms with Crippen LogP contribution in [-0.4, -0.2) is 14.5 Å². The summed E-state index contributed by atoms with van der Waals surface area (Å²) in [5.74, 6) is 0.843. The highest BCUT2D eigenvalue weighted by Crippen LogP contribution is 2.34. The number of halogens is 4. The minimum atomic E-state index is -4.49. The predicted octanol–water partition coefficient (Wildman–Crippen LogP) is 4.69. The molecule has 3 rings (SSSR count). The zero-order valence-electron chi connectivity index (χ0n) is 13.1. The standard InChI is InChI=1S/C17H14ClF3N4/c1-25-8-7-22-16(25)14(11-5-3-2-4-6-11)24-15-13(18)9-12(10-23-15)17(19,20)21/h2-10,14H,1H3,(H,23,24). The number of nitrogens with one attached hydrogen (secondary N) is 1. The number of hydrogen-bond donors (Lipinski definition) is 1. The SMILES string of the molecule is Cn1ccnc1C(Nc1ncc(C(F)(F)F)cc1Cl)c1ccccc1. The predicted molar refractivity (Wildman–Crippen MR) is 89.4 cm³/mol. The number of aryl methyl sites for hydroxylation is 1. The van der Waals surface area contributed by atoms with Crippen LogP contribution in [0.15, 0.2) is 55.0 Å². The van der Waals surface area contributed by atoms with Gasteiger partial charge in [-0.25, -0.2) is 9.97 Å². The Morgan fingerprint density at radius 2 is 1.88 bits per heavy atom. The van der Waals surface area contributed by atoms with Gasteiger partial charge in [0.15, 0.2) is 0 Å². The molecule has 2 heterocycles. The van der Waals surface area contributed by atoms with Crippen LogP contribution in [0.5, 0.6) is 0 Å². The number of pyridine rings is 1. The van der Waals surface area contributed by atoms with E-state index in [1.165, 1.54) is 0 Å². The molecule has 1 unspecified atom stereocenters. The normalized spacial score (nSPS) is 12.8. The highest BCUT2D eigenvalue weighted by Gasteiger charge is 2.32. The molecule has 1 aromatic carbocycles. The molecule has 25 heavy (non-hydrogen) atoms. The molecular formula is C17H14ClF3N4. The smallest absolute Gasteiger partial charge is 0.355 e. The van der Waals surface area contributed by atoms with E-state index in [0.29, 0.717) is 5.82 Å². The van der Waals surface area contributed by atoms with E-state index >= 15 is 0 Å². The first-order chi connectivity index (χ1) is 11.9. The first-order valence-corrected chi connectivity index (χ1v) is 7.75. The van der Waals surface area contributed by atoms with E-state index in [-0.39, 0.29) is 10.8 Å². The second-order valence-electron chi connectivity index (χ2n) is 5.44. The van der Waals surface area contributed by atoms with Gasteiger partial charge in [0, 0.05) is 25.6 Å². The van der Waals surface area contributed by atoms with Crippen LogP contribution in [0.1, 0.15) is 23.0 Å². The molecule has 130 valence electrons. The third-order valence-corrected chi connectivity index (χ3v) is 3.99.